The third-order valence-electron chi connectivity index (χ3n) is 3.42. The van der Waals surface area contributed by atoms with Crippen LogP contribution in [0.5, 0.6) is 0 Å². The molecule has 2 nitrogen and oxygen atoms in total. The fraction of sp³-hybridized carbons (Fsp3) is 0.562. The number of nitrogens with zero attached hydrogens (tertiary/aromatic N) is 1. The number of hydrogen-bond donors (Lipinski definition) is 0. The van der Waals surface area contributed by atoms with Gasteiger partial charge in [-0.2, -0.15) is 13.2 Å². The molecule has 1 aromatic carbocycles. The van der Waals surface area contributed by atoms with Crippen LogP contribution < -0.4 is 0 Å². The van der Waals surface area contributed by atoms with Crippen molar-refractivity contribution < 1.29 is 18.0 Å². The maximum absolute atomic E-state index is 12.6. The summed E-state index contributed by atoms with van der Waals surface area (Å²) in [6, 6.07) is 5.12. The summed E-state index contributed by atoms with van der Waals surface area (Å²) < 4.78 is 37.9. The molecule has 1 fully saturated rings. The highest BCUT2D eigenvalue weighted by Crippen LogP contribution is 2.40. The van der Waals surface area contributed by atoms with Gasteiger partial charge in [0.15, 0.2) is 0 Å². The van der Waals surface area contributed by atoms with Crippen molar-refractivity contribution >= 4 is 17.7 Å². The molecule has 0 saturated carbocycles. The number of amides is 1. The Kier molecular flexibility index (Phi) is 4.80. The van der Waals surface area contributed by atoms with Crippen molar-refractivity contribution in [3.63, 3.8) is 0 Å². The first-order chi connectivity index (χ1) is 10.1. The van der Waals surface area contributed by atoms with Crippen molar-refractivity contribution in [2.75, 3.05) is 12.3 Å². The summed E-state index contributed by atoms with van der Waals surface area (Å²) in [7, 11) is 0. The minimum Gasteiger partial charge on any atom is -0.326 e. The molecular weight excluding hydrogens is 311 g/mol. The fourth-order valence-electron chi connectivity index (χ4n) is 2.39. The van der Waals surface area contributed by atoms with Crippen LogP contribution in [-0.2, 0) is 11.0 Å². The van der Waals surface area contributed by atoms with E-state index in [1.165, 1.54) is 12.1 Å². The molecule has 1 aromatic rings. The van der Waals surface area contributed by atoms with Gasteiger partial charge < -0.3 is 4.90 Å². The third kappa shape index (κ3) is 4.18. The highest BCUT2D eigenvalue weighted by atomic mass is 32.2. The topological polar surface area (TPSA) is 20.3 Å². The highest BCUT2D eigenvalue weighted by molar-refractivity contribution is 7.99. The molecule has 1 heterocycles. The Balaban J connectivity index is 2.15. The van der Waals surface area contributed by atoms with E-state index in [0.717, 1.165) is 23.4 Å². The van der Waals surface area contributed by atoms with E-state index in [-0.39, 0.29) is 16.7 Å². The van der Waals surface area contributed by atoms with Gasteiger partial charge in [-0.15, -0.1) is 11.8 Å². The Bertz CT molecular complexity index is 534. The Morgan fingerprint density at radius 1 is 1.23 bits per heavy atom. The molecule has 2 rings (SSSR count). The molecule has 0 radical (unpaired) electrons. The van der Waals surface area contributed by atoms with E-state index in [1.807, 2.05) is 20.8 Å². The summed E-state index contributed by atoms with van der Waals surface area (Å²) in [5, 5.41) is -0.183. The second kappa shape index (κ2) is 6.14. The summed E-state index contributed by atoms with van der Waals surface area (Å²) in [6.07, 6.45) is -3.90. The van der Waals surface area contributed by atoms with Crippen LogP contribution in [0.1, 0.15) is 43.7 Å². The minimum absolute atomic E-state index is 0.0578. The molecule has 22 heavy (non-hydrogen) atoms. The molecule has 0 bridgehead atoms. The van der Waals surface area contributed by atoms with Gasteiger partial charge in [-0.25, -0.2) is 0 Å². The molecule has 1 amide bonds. The van der Waals surface area contributed by atoms with E-state index in [9.17, 15) is 18.0 Å². The standard InChI is InChI=1S/C16H20F3NOS/c1-15(2,3)10-13(21)20-8-9-22-14(20)11-4-6-12(7-5-11)16(17,18)19/h4-7,14H,8-10H2,1-3H3/t14-/m1/s1. The van der Waals surface area contributed by atoms with Crippen molar-refractivity contribution in [3.8, 4) is 0 Å². The molecule has 0 N–H and O–H groups in total. The summed E-state index contributed by atoms with van der Waals surface area (Å²) >= 11 is 1.60. The first-order valence-electron chi connectivity index (χ1n) is 7.16. The van der Waals surface area contributed by atoms with Crippen molar-refractivity contribution in [3.05, 3.63) is 35.4 Å². The molecule has 0 unspecified atom stereocenters. The van der Waals surface area contributed by atoms with E-state index in [2.05, 4.69) is 0 Å². The van der Waals surface area contributed by atoms with Crippen LogP contribution in [0.2, 0.25) is 0 Å². The molecule has 1 aliphatic heterocycles. The van der Waals surface area contributed by atoms with E-state index in [1.54, 1.807) is 16.7 Å². The van der Waals surface area contributed by atoms with E-state index in [4.69, 9.17) is 0 Å². The Morgan fingerprint density at radius 3 is 2.32 bits per heavy atom. The quantitative estimate of drug-likeness (QED) is 0.782. The predicted octanol–water partition coefficient (Wildman–Crippen LogP) is 4.72. The number of hydrogen-bond acceptors (Lipinski definition) is 2. The molecule has 1 atom stereocenters. The van der Waals surface area contributed by atoms with Gasteiger partial charge in [0.25, 0.3) is 0 Å². The summed E-state index contributed by atoms with van der Waals surface area (Å²) in [4.78, 5) is 14.2. The zero-order chi connectivity index (χ0) is 16.5. The molecule has 1 aliphatic rings. The van der Waals surface area contributed by atoms with Gasteiger partial charge in [0, 0.05) is 18.7 Å². The minimum atomic E-state index is -4.33. The molecule has 0 aliphatic carbocycles. The van der Waals surface area contributed by atoms with Crippen molar-refractivity contribution in [2.24, 2.45) is 5.41 Å². The average molecular weight is 331 g/mol. The Labute approximate surface area is 133 Å². The lowest BCUT2D eigenvalue weighted by Gasteiger charge is -2.27. The number of rotatable bonds is 2. The monoisotopic (exact) mass is 331 g/mol. The summed E-state index contributed by atoms with van der Waals surface area (Å²) in [5.74, 6) is 0.865. The summed E-state index contributed by atoms with van der Waals surface area (Å²) in [5.41, 5.74) is -0.0146. The van der Waals surface area contributed by atoms with Gasteiger partial charge >= 0.3 is 6.18 Å². The SMILES string of the molecule is CC(C)(C)CC(=O)N1CCS[C@@H]1c1ccc(C(F)(F)F)cc1. The highest BCUT2D eigenvalue weighted by Gasteiger charge is 2.34. The lowest BCUT2D eigenvalue weighted by molar-refractivity contribution is -0.137. The maximum atomic E-state index is 12.6. The van der Waals surface area contributed by atoms with Crippen molar-refractivity contribution in [1.82, 2.24) is 4.90 Å². The van der Waals surface area contributed by atoms with Crippen LogP contribution in [0.3, 0.4) is 0 Å². The van der Waals surface area contributed by atoms with Crippen LogP contribution >= 0.6 is 11.8 Å². The smallest absolute Gasteiger partial charge is 0.326 e. The van der Waals surface area contributed by atoms with Gasteiger partial charge in [-0.1, -0.05) is 32.9 Å². The van der Waals surface area contributed by atoms with E-state index >= 15 is 0 Å². The predicted molar refractivity (Wildman–Crippen MR) is 82.4 cm³/mol. The number of thioether (sulfide) groups is 1. The van der Waals surface area contributed by atoms with E-state index in [0.29, 0.717) is 13.0 Å². The maximum Gasteiger partial charge on any atom is 0.416 e. The van der Waals surface area contributed by atoms with Gasteiger partial charge in [-0.05, 0) is 23.1 Å². The van der Waals surface area contributed by atoms with Crippen LogP contribution in [0, 0.1) is 5.41 Å². The van der Waals surface area contributed by atoms with E-state index < -0.39 is 11.7 Å². The molecule has 1 saturated heterocycles. The number of benzene rings is 1. The second-order valence-corrected chi connectivity index (χ2v) is 7.86. The number of carbonyl (C=O) groups excluding carboxylic acids is 1. The van der Waals surface area contributed by atoms with Crippen LogP contribution in [-0.4, -0.2) is 23.1 Å². The van der Waals surface area contributed by atoms with Gasteiger partial charge in [-0.3, -0.25) is 4.79 Å². The normalized spacial score (nSPS) is 19.5. The van der Waals surface area contributed by atoms with Crippen LogP contribution in [0.25, 0.3) is 0 Å². The Morgan fingerprint density at radius 2 is 1.82 bits per heavy atom. The molecule has 0 aromatic heterocycles. The van der Waals surface area contributed by atoms with Crippen LogP contribution in [0.15, 0.2) is 24.3 Å². The number of alkyl halides is 3. The zero-order valence-corrected chi connectivity index (χ0v) is 13.7. The van der Waals surface area contributed by atoms with Gasteiger partial charge in [0.1, 0.15) is 5.37 Å². The molecular formula is C16H20F3NOS. The average Bonchev–Trinajstić information content (AvgIpc) is 2.85. The first-order valence-corrected chi connectivity index (χ1v) is 8.21. The van der Waals surface area contributed by atoms with Gasteiger partial charge in [0.05, 0.1) is 5.56 Å². The largest absolute Gasteiger partial charge is 0.416 e. The van der Waals surface area contributed by atoms with Gasteiger partial charge in [0.2, 0.25) is 5.91 Å². The first kappa shape index (κ1) is 17.2. The summed E-state index contributed by atoms with van der Waals surface area (Å²) in [6.45, 7) is 6.65. The second-order valence-electron chi connectivity index (χ2n) is 6.67. The lowest BCUT2D eigenvalue weighted by Crippen LogP contribution is -2.33. The Hall–Kier alpha value is -1.17. The van der Waals surface area contributed by atoms with Crippen molar-refractivity contribution in [2.45, 2.75) is 38.7 Å². The third-order valence-corrected chi connectivity index (χ3v) is 4.68. The lowest BCUT2D eigenvalue weighted by atomic mass is 9.91. The van der Waals surface area contributed by atoms with Crippen molar-refractivity contribution in [1.29, 1.82) is 0 Å². The fourth-order valence-corrected chi connectivity index (χ4v) is 3.67. The molecule has 122 valence electrons. The number of carbonyl (C=O) groups is 1. The zero-order valence-electron chi connectivity index (χ0n) is 12.9. The number of halogens is 3. The molecule has 0 spiro atoms. The molecule has 6 heteroatoms. The van der Waals surface area contributed by atoms with Crippen LogP contribution in [0.4, 0.5) is 13.2 Å².